The predicted octanol–water partition coefficient (Wildman–Crippen LogP) is 4.08. The van der Waals surface area contributed by atoms with Crippen molar-refractivity contribution < 1.29 is 4.39 Å². The third-order valence-electron chi connectivity index (χ3n) is 3.14. The van der Waals surface area contributed by atoms with Gasteiger partial charge in [-0.1, -0.05) is 13.8 Å². The molecule has 0 aliphatic carbocycles. The summed E-state index contributed by atoms with van der Waals surface area (Å²) in [4.78, 5) is 0. The van der Waals surface area contributed by atoms with Crippen LogP contribution in [-0.4, -0.2) is 17.5 Å². The molecule has 0 radical (unpaired) electrons. The zero-order valence-electron chi connectivity index (χ0n) is 10.7. The van der Waals surface area contributed by atoms with Crippen LogP contribution < -0.4 is 5.32 Å². The molecule has 0 spiro atoms. The number of rotatable bonds is 2. The quantitative estimate of drug-likeness (QED) is 0.852. The lowest BCUT2D eigenvalue weighted by molar-refractivity contribution is 0.358. The molecule has 1 unspecified atom stereocenters. The minimum atomic E-state index is -0.131. The average molecular weight is 253 g/mol. The predicted molar refractivity (Wildman–Crippen MR) is 74.3 cm³/mol. The number of benzene rings is 1. The van der Waals surface area contributed by atoms with Gasteiger partial charge in [0.1, 0.15) is 5.82 Å². The number of aryl methyl sites for hydroxylation is 1. The maximum absolute atomic E-state index is 13.2. The van der Waals surface area contributed by atoms with E-state index in [9.17, 15) is 4.39 Å². The van der Waals surface area contributed by atoms with E-state index in [1.165, 1.54) is 12.2 Å². The van der Waals surface area contributed by atoms with Crippen molar-refractivity contribution >= 4 is 17.4 Å². The zero-order chi connectivity index (χ0) is 12.5. The summed E-state index contributed by atoms with van der Waals surface area (Å²) in [6, 6.07) is 5.75. The van der Waals surface area contributed by atoms with Crippen LogP contribution in [0.5, 0.6) is 0 Å². The topological polar surface area (TPSA) is 12.0 Å². The first kappa shape index (κ1) is 12.7. The van der Waals surface area contributed by atoms with E-state index in [0.29, 0.717) is 17.0 Å². The summed E-state index contributed by atoms with van der Waals surface area (Å²) < 4.78 is 13.2. The number of hydrogen-bond acceptors (Lipinski definition) is 2. The monoisotopic (exact) mass is 253 g/mol. The molecule has 1 nitrogen and oxygen atoms in total. The Labute approximate surface area is 107 Å². The summed E-state index contributed by atoms with van der Waals surface area (Å²) in [5.74, 6) is 2.24. The Balaban J connectivity index is 2.03. The van der Waals surface area contributed by atoms with Gasteiger partial charge in [0.15, 0.2) is 0 Å². The molecule has 0 bridgehead atoms. The van der Waals surface area contributed by atoms with Crippen molar-refractivity contribution in [3.05, 3.63) is 29.6 Å². The Morgan fingerprint density at radius 3 is 2.82 bits per heavy atom. The fourth-order valence-electron chi connectivity index (χ4n) is 2.33. The van der Waals surface area contributed by atoms with Crippen molar-refractivity contribution in [2.24, 2.45) is 5.41 Å². The molecule has 94 valence electrons. The zero-order valence-corrected chi connectivity index (χ0v) is 11.5. The molecule has 1 aromatic carbocycles. The second-order valence-corrected chi connectivity index (χ2v) is 6.72. The van der Waals surface area contributed by atoms with Gasteiger partial charge in [-0.15, -0.1) is 0 Å². The Hall–Kier alpha value is -0.700. The summed E-state index contributed by atoms with van der Waals surface area (Å²) in [7, 11) is 0. The van der Waals surface area contributed by atoms with Crippen LogP contribution in [0, 0.1) is 18.2 Å². The second-order valence-electron chi connectivity index (χ2n) is 5.69. The van der Waals surface area contributed by atoms with Crippen LogP contribution in [0.15, 0.2) is 18.2 Å². The number of nitrogens with one attached hydrogen (secondary N) is 1. The van der Waals surface area contributed by atoms with E-state index in [1.54, 1.807) is 13.0 Å². The fourth-order valence-corrected chi connectivity index (χ4v) is 3.60. The highest BCUT2D eigenvalue weighted by atomic mass is 32.2. The smallest absolute Gasteiger partial charge is 0.126 e. The van der Waals surface area contributed by atoms with Crippen LogP contribution in [0.3, 0.4) is 0 Å². The third kappa shape index (κ3) is 3.38. The highest BCUT2D eigenvalue weighted by molar-refractivity contribution is 7.99. The molecule has 0 saturated carbocycles. The van der Waals surface area contributed by atoms with E-state index in [1.807, 2.05) is 23.9 Å². The number of hydrogen-bond donors (Lipinski definition) is 1. The Morgan fingerprint density at radius 1 is 1.41 bits per heavy atom. The van der Waals surface area contributed by atoms with Gasteiger partial charge in [-0.05, 0) is 48.3 Å². The molecule has 1 aliphatic rings. The molecule has 1 heterocycles. The molecular weight excluding hydrogens is 233 g/mol. The molecule has 0 amide bonds. The van der Waals surface area contributed by atoms with Crippen LogP contribution in [0.2, 0.25) is 0 Å². The minimum absolute atomic E-state index is 0.131. The molecular formula is C14H20FNS. The largest absolute Gasteiger partial charge is 0.381 e. The molecule has 1 aliphatic heterocycles. The summed E-state index contributed by atoms with van der Waals surface area (Å²) in [5.41, 5.74) is 2.14. The van der Waals surface area contributed by atoms with Crippen molar-refractivity contribution in [3.63, 3.8) is 0 Å². The van der Waals surface area contributed by atoms with E-state index in [4.69, 9.17) is 0 Å². The van der Waals surface area contributed by atoms with Gasteiger partial charge in [0.05, 0.1) is 0 Å². The minimum Gasteiger partial charge on any atom is -0.381 e. The first-order valence-electron chi connectivity index (χ1n) is 6.07. The molecule has 1 aromatic rings. The summed E-state index contributed by atoms with van der Waals surface area (Å²) in [5, 5.41) is 3.52. The molecule has 2 rings (SSSR count). The maximum atomic E-state index is 13.2. The van der Waals surface area contributed by atoms with Crippen LogP contribution in [0.4, 0.5) is 10.1 Å². The van der Waals surface area contributed by atoms with E-state index >= 15 is 0 Å². The third-order valence-corrected chi connectivity index (χ3v) is 4.76. The van der Waals surface area contributed by atoms with Crippen molar-refractivity contribution in [1.29, 1.82) is 0 Å². The van der Waals surface area contributed by atoms with Crippen molar-refractivity contribution in [2.75, 3.05) is 16.8 Å². The molecule has 3 heteroatoms. The highest BCUT2D eigenvalue weighted by Crippen LogP contribution is 2.34. The Morgan fingerprint density at radius 2 is 2.18 bits per heavy atom. The average Bonchev–Trinajstić information content (AvgIpc) is 2.22. The van der Waals surface area contributed by atoms with Crippen LogP contribution >= 0.6 is 11.8 Å². The first-order valence-corrected chi connectivity index (χ1v) is 7.22. The summed E-state index contributed by atoms with van der Waals surface area (Å²) >= 11 is 2.00. The number of thioether (sulfide) groups is 1. The Bertz CT molecular complexity index is 403. The standard InChI is InChI=1S/C14H20FNS/c1-10-6-11(4-5-13(10)15)16-12-7-14(2,3)9-17-8-12/h4-6,12,16H,7-9H2,1-3H3. The van der Waals surface area contributed by atoms with Crippen molar-refractivity contribution in [1.82, 2.24) is 0 Å². The highest BCUT2D eigenvalue weighted by Gasteiger charge is 2.28. The van der Waals surface area contributed by atoms with E-state index < -0.39 is 0 Å². The summed E-state index contributed by atoms with van der Waals surface area (Å²) in [6.07, 6.45) is 1.18. The molecule has 17 heavy (non-hydrogen) atoms. The molecule has 0 aromatic heterocycles. The molecule has 1 N–H and O–H groups in total. The Kier molecular flexibility index (Phi) is 3.67. The van der Waals surface area contributed by atoms with Gasteiger partial charge >= 0.3 is 0 Å². The first-order chi connectivity index (χ1) is 7.96. The summed E-state index contributed by atoms with van der Waals surface area (Å²) in [6.45, 7) is 6.42. The van der Waals surface area contributed by atoms with E-state index in [0.717, 1.165) is 11.4 Å². The lowest BCUT2D eigenvalue weighted by atomic mass is 9.88. The van der Waals surface area contributed by atoms with Crippen molar-refractivity contribution in [3.8, 4) is 0 Å². The molecule has 1 saturated heterocycles. The van der Waals surface area contributed by atoms with Gasteiger partial charge in [-0.25, -0.2) is 4.39 Å². The van der Waals surface area contributed by atoms with Gasteiger partial charge in [-0.3, -0.25) is 0 Å². The van der Waals surface area contributed by atoms with Crippen LogP contribution in [-0.2, 0) is 0 Å². The molecule has 1 atom stereocenters. The van der Waals surface area contributed by atoms with Gasteiger partial charge in [0.2, 0.25) is 0 Å². The lowest BCUT2D eigenvalue weighted by Crippen LogP contribution is -2.35. The maximum Gasteiger partial charge on any atom is 0.126 e. The van der Waals surface area contributed by atoms with Crippen LogP contribution in [0.1, 0.15) is 25.8 Å². The molecule has 1 fully saturated rings. The second kappa shape index (κ2) is 4.89. The van der Waals surface area contributed by atoms with Gasteiger partial charge < -0.3 is 5.32 Å². The van der Waals surface area contributed by atoms with Gasteiger partial charge in [0.25, 0.3) is 0 Å². The SMILES string of the molecule is Cc1cc(NC2CSCC(C)(C)C2)ccc1F. The number of anilines is 1. The lowest BCUT2D eigenvalue weighted by Gasteiger charge is -2.35. The number of halogens is 1. The van der Waals surface area contributed by atoms with Gasteiger partial charge in [0, 0.05) is 17.5 Å². The van der Waals surface area contributed by atoms with Crippen LogP contribution in [0.25, 0.3) is 0 Å². The fraction of sp³-hybridized carbons (Fsp3) is 0.571. The van der Waals surface area contributed by atoms with Gasteiger partial charge in [-0.2, -0.15) is 11.8 Å². The van der Waals surface area contributed by atoms with E-state index in [-0.39, 0.29) is 5.82 Å². The van der Waals surface area contributed by atoms with Crippen molar-refractivity contribution in [2.45, 2.75) is 33.2 Å². The van der Waals surface area contributed by atoms with E-state index in [2.05, 4.69) is 19.2 Å². The normalized spacial score (nSPS) is 23.4.